The molecule has 2 heterocycles. The number of rotatable bonds is 1. The van der Waals surface area contributed by atoms with Gasteiger partial charge in [0.25, 0.3) is 5.91 Å². The zero-order chi connectivity index (χ0) is 14.4. The third-order valence-corrected chi connectivity index (χ3v) is 6.13. The van der Waals surface area contributed by atoms with Gasteiger partial charge in [0.15, 0.2) is 0 Å². The number of carbonyl (C=O) groups is 1. The molecule has 0 bridgehead atoms. The summed E-state index contributed by atoms with van der Waals surface area (Å²) in [6, 6.07) is 5.93. The van der Waals surface area contributed by atoms with Gasteiger partial charge in [-0.05, 0) is 68.6 Å². The number of anilines is 1. The van der Waals surface area contributed by atoms with E-state index in [9.17, 15) is 4.79 Å². The molecule has 0 radical (unpaired) electrons. The van der Waals surface area contributed by atoms with E-state index in [2.05, 4.69) is 53.1 Å². The molecule has 1 aliphatic rings. The first kappa shape index (κ1) is 14.5. The average molecular weight is 478 g/mol. The molecule has 1 aromatic heterocycles. The van der Waals surface area contributed by atoms with Crippen LogP contribution >= 0.6 is 59.1 Å². The lowest BCUT2D eigenvalue weighted by Crippen LogP contribution is -2.03. The lowest BCUT2D eigenvalue weighted by molar-refractivity contribution is -0.110. The number of thiophene rings is 1. The minimum Gasteiger partial charge on any atom is -0.320 e. The van der Waals surface area contributed by atoms with Crippen LogP contribution in [0.15, 0.2) is 30.9 Å². The molecule has 0 saturated heterocycles. The molecule has 20 heavy (non-hydrogen) atoms. The van der Waals surface area contributed by atoms with Gasteiger partial charge in [-0.25, -0.2) is 0 Å². The van der Waals surface area contributed by atoms with Crippen molar-refractivity contribution in [2.45, 2.75) is 6.92 Å². The molecule has 1 aromatic carbocycles. The second-order valence-electron chi connectivity index (χ2n) is 4.37. The zero-order valence-corrected chi connectivity index (χ0v) is 15.8. The van der Waals surface area contributed by atoms with E-state index < -0.39 is 0 Å². The van der Waals surface area contributed by atoms with Crippen LogP contribution in [0.25, 0.3) is 11.6 Å². The Morgan fingerprint density at radius 1 is 1.20 bits per heavy atom. The second-order valence-corrected chi connectivity index (χ2v) is 8.57. The fourth-order valence-electron chi connectivity index (χ4n) is 2.16. The van der Waals surface area contributed by atoms with Crippen molar-refractivity contribution in [2.75, 3.05) is 5.32 Å². The van der Waals surface area contributed by atoms with Crippen molar-refractivity contribution in [3.63, 3.8) is 0 Å². The third kappa shape index (κ3) is 2.43. The first-order valence-electron chi connectivity index (χ1n) is 5.74. The molecule has 0 saturated carbocycles. The van der Waals surface area contributed by atoms with E-state index in [-0.39, 0.29) is 5.91 Å². The molecule has 0 spiro atoms. The highest BCUT2D eigenvalue weighted by Gasteiger charge is 2.29. The topological polar surface area (TPSA) is 29.1 Å². The average Bonchev–Trinajstić information content (AvgIpc) is 2.93. The number of hydrogen-bond donors (Lipinski definition) is 1. The van der Waals surface area contributed by atoms with Crippen LogP contribution in [0.4, 0.5) is 5.69 Å². The first-order chi connectivity index (χ1) is 9.47. The van der Waals surface area contributed by atoms with Crippen LogP contribution in [0.3, 0.4) is 0 Å². The minimum absolute atomic E-state index is 0.0635. The van der Waals surface area contributed by atoms with Crippen LogP contribution in [-0.2, 0) is 4.79 Å². The predicted molar refractivity (Wildman–Crippen MR) is 95.1 cm³/mol. The molecule has 1 aliphatic heterocycles. The molecule has 3 rings (SSSR count). The number of nitrogens with one attached hydrogen (secondary N) is 1. The standard InChI is InChI=1S/C14H8Br3NOS/c1-6-9(15)5-10(16)13-12(6)8(14(19)18-13)4-7-2-3-11(17)20-7/h2-5H,1H3,(H,18,19). The molecule has 2 nitrogen and oxygen atoms in total. The molecule has 1 N–H and O–H groups in total. The van der Waals surface area contributed by atoms with Gasteiger partial charge in [0.05, 0.1) is 15.0 Å². The van der Waals surface area contributed by atoms with Crippen molar-refractivity contribution >= 4 is 82.4 Å². The number of fused-ring (bicyclic) bond motifs is 1. The number of benzene rings is 1. The summed E-state index contributed by atoms with van der Waals surface area (Å²) in [6.07, 6.45) is 1.93. The minimum atomic E-state index is -0.0635. The van der Waals surface area contributed by atoms with Crippen LogP contribution in [0, 0.1) is 6.92 Å². The lowest BCUT2D eigenvalue weighted by Gasteiger charge is -2.08. The summed E-state index contributed by atoms with van der Waals surface area (Å²) < 4.78 is 2.92. The van der Waals surface area contributed by atoms with E-state index in [1.165, 1.54) is 0 Å². The lowest BCUT2D eigenvalue weighted by atomic mass is 10.0. The van der Waals surface area contributed by atoms with Gasteiger partial charge in [-0.15, -0.1) is 11.3 Å². The fraction of sp³-hybridized carbons (Fsp3) is 0.0714. The van der Waals surface area contributed by atoms with Crippen molar-refractivity contribution in [1.29, 1.82) is 0 Å². The number of hydrogen-bond acceptors (Lipinski definition) is 2. The monoisotopic (exact) mass is 475 g/mol. The highest BCUT2D eigenvalue weighted by molar-refractivity contribution is 9.11. The Morgan fingerprint density at radius 3 is 2.60 bits per heavy atom. The van der Waals surface area contributed by atoms with Crippen molar-refractivity contribution < 1.29 is 4.79 Å². The maximum atomic E-state index is 12.2. The Balaban J connectivity index is 2.22. The molecule has 0 unspecified atom stereocenters. The zero-order valence-electron chi connectivity index (χ0n) is 10.3. The molecular weight excluding hydrogens is 470 g/mol. The summed E-state index contributed by atoms with van der Waals surface area (Å²) >= 11 is 12.1. The molecule has 0 atom stereocenters. The number of carbonyl (C=O) groups excluding carboxylic acids is 1. The number of amides is 1. The molecule has 0 aliphatic carbocycles. The van der Waals surface area contributed by atoms with Gasteiger partial charge in [0.2, 0.25) is 0 Å². The molecule has 102 valence electrons. The Hall–Kier alpha value is -0.430. The maximum Gasteiger partial charge on any atom is 0.256 e. The van der Waals surface area contributed by atoms with E-state index >= 15 is 0 Å². The summed E-state index contributed by atoms with van der Waals surface area (Å²) in [5, 5.41) is 2.93. The van der Waals surface area contributed by atoms with Gasteiger partial charge in [-0.3, -0.25) is 4.79 Å². The van der Waals surface area contributed by atoms with Crippen LogP contribution in [0.1, 0.15) is 16.0 Å². The normalized spacial score (nSPS) is 15.6. The van der Waals surface area contributed by atoms with Crippen molar-refractivity contribution in [3.05, 3.63) is 46.9 Å². The maximum absolute atomic E-state index is 12.2. The van der Waals surface area contributed by atoms with E-state index in [4.69, 9.17) is 0 Å². The summed E-state index contributed by atoms with van der Waals surface area (Å²) in [4.78, 5) is 13.3. The quantitative estimate of drug-likeness (QED) is 0.514. The Bertz CT molecular complexity index is 764. The van der Waals surface area contributed by atoms with E-state index in [0.29, 0.717) is 5.57 Å². The Morgan fingerprint density at radius 2 is 1.95 bits per heavy atom. The van der Waals surface area contributed by atoms with Crippen LogP contribution in [0.2, 0.25) is 0 Å². The van der Waals surface area contributed by atoms with Gasteiger partial charge in [0, 0.05) is 19.4 Å². The van der Waals surface area contributed by atoms with E-state index in [1.54, 1.807) is 11.3 Å². The molecule has 1 amide bonds. The highest BCUT2D eigenvalue weighted by Crippen LogP contribution is 2.43. The summed E-state index contributed by atoms with van der Waals surface area (Å²) in [7, 11) is 0. The summed E-state index contributed by atoms with van der Waals surface area (Å²) in [6.45, 7) is 2.01. The first-order valence-corrected chi connectivity index (χ1v) is 8.94. The SMILES string of the molecule is Cc1c(Br)cc(Br)c2c1C(=Cc1ccc(Br)s1)C(=O)N2. The van der Waals surface area contributed by atoms with Crippen molar-refractivity contribution in [3.8, 4) is 0 Å². The Kier molecular flexibility index (Phi) is 3.92. The molecular formula is C14H8Br3NOS. The molecule has 2 aromatic rings. The van der Waals surface area contributed by atoms with Crippen LogP contribution < -0.4 is 5.32 Å². The van der Waals surface area contributed by atoms with Crippen LogP contribution in [0.5, 0.6) is 0 Å². The van der Waals surface area contributed by atoms with Crippen molar-refractivity contribution in [1.82, 2.24) is 0 Å². The van der Waals surface area contributed by atoms with Gasteiger partial charge in [0.1, 0.15) is 0 Å². The van der Waals surface area contributed by atoms with Gasteiger partial charge < -0.3 is 5.32 Å². The third-order valence-electron chi connectivity index (χ3n) is 3.11. The number of halogens is 3. The highest BCUT2D eigenvalue weighted by atomic mass is 79.9. The van der Waals surface area contributed by atoms with Crippen molar-refractivity contribution in [2.24, 2.45) is 0 Å². The summed E-state index contributed by atoms with van der Waals surface area (Å²) in [5.74, 6) is -0.0635. The predicted octanol–water partition coefficient (Wildman–Crippen LogP) is 5.84. The molecule has 6 heteroatoms. The smallest absolute Gasteiger partial charge is 0.256 e. The Labute approximate surface area is 145 Å². The van der Waals surface area contributed by atoms with Gasteiger partial charge in [-0.2, -0.15) is 0 Å². The largest absolute Gasteiger partial charge is 0.320 e. The van der Waals surface area contributed by atoms with E-state index in [1.807, 2.05) is 31.2 Å². The second kappa shape index (κ2) is 5.40. The van der Waals surface area contributed by atoms with Gasteiger partial charge in [-0.1, -0.05) is 15.9 Å². The van der Waals surface area contributed by atoms with E-state index in [0.717, 1.165) is 34.4 Å². The van der Waals surface area contributed by atoms with Gasteiger partial charge >= 0.3 is 0 Å². The van der Waals surface area contributed by atoms with Crippen LogP contribution in [-0.4, -0.2) is 5.91 Å². The molecule has 0 fully saturated rings. The summed E-state index contributed by atoms with van der Waals surface area (Å²) in [5.41, 5.74) is 3.57. The fourth-order valence-corrected chi connectivity index (χ4v) is 4.78.